The highest BCUT2D eigenvalue weighted by Gasteiger charge is 2.45. The first-order chi connectivity index (χ1) is 9.79. The van der Waals surface area contributed by atoms with Crippen LogP contribution in [0.4, 0.5) is 0 Å². The largest absolute Gasteiger partial charge is 0.306 e. The number of nitrogens with zero attached hydrogens (tertiary/aromatic N) is 1. The number of rotatable bonds is 3. The van der Waals surface area contributed by atoms with Crippen LogP contribution in [0.2, 0.25) is 0 Å². The van der Waals surface area contributed by atoms with Gasteiger partial charge < -0.3 is 4.90 Å². The molecule has 0 fully saturated rings. The summed E-state index contributed by atoms with van der Waals surface area (Å²) in [5.41, 5.74) is 1.27. The van der Waals surface area contributed by atoms with Crippen LogP contribution < -0.4 is 0 Å². The molecule has 1 atom stereocenters. The smallest absolute Gasteiger partial charge is 0.241 e. The van der Waals surface area contributed by atoms with E-state index in [9.17, 15) is 4.79 Å². The molecule has 0 radical (unpaired) electrons. The minimum absolute atomic E-state index is 0.138. The summed E-state index contributed by atoms with van der Waals surface area (Å²) in [4.78, 5) is 14.9. The predicted molar refractivity (Wildman–Crippen MR) is 91.8 cm³/mol. The second-order valence-corrected chi connectivity index (χ2v) is 7.27. The molecular weight excluding hydrogens is 278 g/mol. The number of carbonyl (C=O) groups excluding carboxylic acids is 1. The van der Waals surface area contributed by atoms with Crippen LogP contribution in [0.15, 0.2) is 47.9 Å². The van der Waals surface area contributed by atoms with E-state index in [1.165, 1.54) is 0 Å². The molecule has 1 aromatic rings. The fourth-order valence-corrected chi connectivity index (χ4v) is 3.00. The molecule has 0 aliphatic carbocycles. The van der Waals surface area contributed by atoms with Gasteiger partial charge >= 0.3 is 0 Å². The van der Waals surface area contributed by atoms with Gasteiger partial charge in [0.25, 0.3) is 0 Å². The number of amides is 1. The third kappa shape index (κ3) is 3.08. The zero-order valence-electron chi connectivity index (χ0n) is 13.4. The summed E-state index contributed by atoms with van der Waals surface area (Å²) in [6.45, 7) is 8.21. The summed E-state index contributed by atoms with van der Waals surface area (Å²) >= 11 is 1.61. The molecule has 2 rings (SSSR count). The topological polar surface area (TPSA) is 20.3 Å². The highest BCUT2D eigenvalue weighted by atomic mass is 32.2. The van der Waals surface area contributed by atoms with Crippen LogP contribution in [0, 0.1) is 5.41 Å². The quantitative estimate of drug-likeness (QED) is 0.816. The highest BCUT2D eigenvalue weighted by molar-refractivity contribution is 8.01. The van der Waals surface area contributed by atoms with E-state index in [0.717, 1.165) is 11.3 Å². The van der Waals surface area contributed by atoms with Crippen molar-refractivity contribution >= 4 is 23.4 Å². The standard InChI is InChI=1S/C18H23NOS/c1-17(2,3)19-15(14-9-7-6-8-10-14)13-18(4,16(19)20)11-12-21-5/h6-13H,1-5H3/b12-11-. The van der Waals surface area contributed by atoms with Crippen LogP contribution in [0.25, 0.3) is 5.70 Å². The molecule has 1 aromatic carbocycles. The van der Waals surface area contributed by atoms with Crippen molar-refractivity contribution in [3.05, 3.63) is 53.5 Å². The van der Waals surface area contributed by atoms with Crippen molar-refractivity contribution < 1.29 is 4.79 Å². The molecule has 1 unspecified atom stereocenters. The van der Waals surface area contributed by atoms with Gasteiger partial charge in [0.2, 0.25) is 5.91 Å². The van der Waals surface area contributed by atoms with Crippen LogP contribution in [-0.4, -0.2) is 22.6 Å². The lowest BCUT2D eigenvalue weighted by atomic mass is 9.90. The summed E-state index contributed by atoms with van der Waals surface area (Å²) in [6.07, 6.45) is 6.08. The van der Waals surface area contributed by atoms with Gasteiger partial charge in [-0.15, -0.1) is 11.8 Å². The van der Waals surface area contributed by atoms with Gasteiger partial charge in [-0.25, -0.2) is 0 Å². The summed E-state index contributed by atoms with van der Waals surface area (Å²) in [6, 6.07) is 10.1. The average Bonchev–Trinajstić information content (AvgIpc) is 2.70. The van der Waals surface area contributed by atoms with E-state index in [0.29, 0.717) is 0 Å². The Labute approximate surface area is 131 Å². The van der Waals surface area contributed by atoms with Crippen LogP contribution in [0.1, 0.15) is 33.3 Å². The molecule has 0 spiro atoms. The maximum Gasteiger partial charge on any atom is 0.241 e. The Hall–Kier alpha value is -1.48. The van der Waals surface area contributed by atoms with Gasteiger partial charge in [0.1, 0.15) is 0 Å². The molecule has 0 bridgehead atoms. The Morgan fingerprint density at radius 1 is 1.19 bits per heavy atom. The molecule has 1 aliphatic heterocycles. The molecule has 112 valence electrons. The van der Waals surface area contributed by atoms with E-state index in [-0.39, 0.29) is 11.4 Å². The third-order valence-electron chi connectivity index (χ3n) is 3.63. The molecule has 0 saturated carbocycles. The zero-order chi connectivity index (χ0) is 15.7. The third-order valence-corrected chi connectivity index (χ3v) is 4.04. The van der Waals surface area contributed by atoms with Gasteiger partial charge in [-0.2, -0.15) is 0 Å². The van der Waals surface area contributed by atoms with Gasteiger partial charge in [-0.3, -0.25) is 4.79 Å². The summed E-state index contributed by atoms with van der Waals surface area (Å²) in [5.74, 6) is 0.138. The Bertz CT molecular complexity index is 583. The van der Waals surface area contributed by atoms with Crippen molar-refractivity contribution in [1.82, 2.24) is 4.90 Å². The molecule has 0 N–H and O–H groups in total. The summed E-state index contributed by atoms with van der Waals surface area (Å²) in [5, 5.41) is 1.99. The Balaban J connectivity index is 2.54. The fraction of sp³-hybridized carbons (Fsp3) is 0.389. The van der Waals surface area contributed by atoms with Gasteiger partial charge in [0, 0.05) is 11.2 Å². The van der Waals surface area contributed by atoms with E-state index >= 15 is 0 Å². The number of hydrogen-bond acceptors (Lipinski definition) is 2. The molecule has 1 aliphatic rings. The molecular formula is C18H23NOS. The maximum atomic E-state index is 13.0. The number of carbonyl (C=O) groups is 1. The van der Waals surface area contributed by atoms with Crippen LogP contribution in [-0.2, 0) is 4.79 Å². The molecule has 2 nitrogen and oxygen atoms in total. The molecule has 0 aromatic heterocycles. The molecule has 0 saturated heterocycles. The van der Waals surface area contributed by atoms with Crippen LogP contribution >= 0.6 is 11.8 Å². The molecule has 3 heteroatoms. The minimum Gasteiger partial charge on any atom is -0.306 e. The zero-order valence-corrected chi connectivity index (χ0v) is 14.2. The Morgan fingerprint density at radius 2 is 1.81 bits per heavy atom. The lowest BCUT2D eigenvalue weighted by Gasteiger charge is -2.36. The van der Waals surface area contributed by atoms with Crippen molar-refractivity contribution in [3.8, 4) is 0 Å². The van der Waals surface area contributed by atoms with Crippen molar-refractivity contribution in [2.45, 2.75) is 33.2 Å². The summed E-state index contributed by atoms with van der Waals surface area (Å²) < 4.78 is 0. The maximum absolute atomic E-state index is 13.0. The van der Waals surface area contributed by atoms with Crippen LogP contribution in [0.3, 0.4) is 0 Å². The normalized spacial score (nSPS) is 23.0. The first-order valence-corrected chi connectivity index (χ1v) is 8.42. The van der Waals surface area contributed by atoms with Gasteiger partial charge in [-0.1, -0.05) is 36.4 Å². The second-order valence-electron chi connectivity index (χ2n) is 6.53. The van der Waals surface area contributed by atoms with E-state index < -0.39 is 5.41 Å². The number of benzene rings is 1. The number of hydrogen-bond donors (Lipinski definition) is 0. The first-order valence-electron chi connectivity index (χ1n) is 7.13. The lowest BCUT2D eigenvalue weighted by Crippen LogP contribution is -2.45. The van der Waals surface area contributed by atoms with Crippen molar-refractivity contribution in [1.29, 1.82) is 0 Å². The minimum atomic E-state index is -0.568. The second kappa shape index (κ2) is 5.72. The summed E-state index contributed by atoms with van der Waals surface area (Å²) in [7, 11) is 0. The van der Waals surface area contributed by atoms with E-state index in [2.05, 4.69) is 39.0 Å². The van der Waals surface area contributed by atoms with Crippen molar-refractivity contribution in [3.63, 3.8) is 0 Å². The molecule has 1 amide bonds. The van der Waals surface area contributed by atoms with E-state index in [1.807, 2.05) is 47.8 Å². The molecule has 21 heavy (non-hydrogen) atoms. The first kappa shape index (κ1) is 15.9. The molecule has 1 heterocycles. The van der Waals surface area contributed by atoms with Crippen molar-refractivity contribution in [2.75, 3.05) is 6.26 Å². The Morgan fingerprint density at radius 3 is 2.33 bits per heavy atom. The van der Waals surface area contributed by atoms with E-state index in [4.69, 9.17) is 0 Å². The SMILES string of the molecule is CS/C=C\C1(C)C=C(c2ccccc2)N(C(C)(C)C)C1=O. The Kier molecular flexibility index (Phi) is 4.33. The van der Waals surface area contributed by atoms with Gasteiger partial charge in [-0.05, 0) is 51.0 Å². The monoisotopic (exact) mass is 301 g/mol. The number of thioether (sulfide) groups is 1. The lowest BCUT2D eigenvalue weighted by molar-refractivity contribution is -0.135. The van der Waals surface area contributed by atoms with Gasteiger partial charge in [0.05, 0.1) is 5.41 Å². The van der Waals surface area contributed by atoms with Gasteiger partial charge in [0.15, 0.2) is 0 Å². The predicted octanol–water partition coefficient (Wildman–Crippen LogP) is 4.55. The van der Waals surface area contributed by atoms with E-state index in [1.54, 1.807) is 11.8 Å². The fourth-order valence-electron chi connectivity index (χ4n) is 2.58. The highest BCUT2D eigenvalue weighted by Crippen LogP contribution is 2.42. The van der Waals surface area contributed by atoms with Crippen LogP contribution in [0.5, 0.6) is 0 Å². The average molecular weight is 301 g/mol. The van der Waals surface area contributed by atoms with Crippen molar-refractivity contribution in [2.24, 2.45) is 5.41 Å².